The van der Waals surface area contributed by atoms with Crippen LogP contribution in [0.4, 0.5) is 21.8 Å². The van der Waals surface area contributed by atoms with E-state index in [1.807, 2.05) is 29.2 Å². The van der Waals surface area contributed by atoms with E-state index in [2.05, 4.69) is 20.6 Å². The quantitative estimate of drug-likeness (QED) is 0.548. The van der Waals surface area contributed by atoms with Crippen molar-refractivity contribution in [2.45, 2.75) is 25.8 Å². The molecule has 160 valence electrons. The summed E-state index contributed by atoms with van der Waals surface area (Å²) in [5, 5.41) is 6.59. The van der Waals surface area contributed by atoms with Gasteiger partial charge in [-0.3, -0.25) is 4.79 Å². The molecule has 1 fully saturated rings. The summed E-state index contributed by atoms with van der Waals surface area (Å²) >= 11 is 6.21. The van der Waals surface area contributed by atoms with E-state index in [0.29, 0.717) is 34.6 Å². The Morgan fingerprint density at radius 2 is 1.90 bits per heavy atom. The second-order valence-corrected chi connectivity index (χ2v) is 7.84. The first kappa shape index (κ1) is 21.1. The lowest BCUT2D eigenvalue weighted by Crippen LogP contribution is -2.35. The number of halogens is 2. The Labute approximate surface area is 185 Å². The zero-order chi connectivity index (χ0) is 21.6. The Morgan fingerprint density at radius 3 is 2.71 bits per heavy atom. The first-order valence-corrected chi connectivity index (χ1v) is 10.6. The molecule has 2 N–H and O–H groups in total. The van der Waals surface area contributed by atoms with Gasteiger partial charge < -0.3 is 15.5 Å². The van der Waals surface area contributed by atoms with Gasteiger partial charge in [0, 0.05) is 30.9 Å². The maximum absolute atomic E-state index is 13.4. The fourth-order valence-electron chi connectivity index (χ4n) is 3.52. The van der Waals surface area contributed by atoms with Crippen LogP contribution in [0.1, 0.15) is 35.2 Å². The highest BCUT2D eigenvalue weighted by Gasteiger charge is 2.18. The fourth-order valence-corrected chi connectivity index (χ4v) is 3.68. The first-order chi connectivity index (χ1) is 15.1. The van der Waals surface area contributed by atoms with Gasteiger partial charge in [-0.25, -0.2) is 9.37 Å². The zero-order valence-electron chi connectivity index (χ0n) is 16.9. The monoisotopic (exact) mass is 439 g/mol. The molecule has 1 aliphatic rings. The molecule has 1 saturated heterocycles. The minimum absolute atomic E-state index is 0.0397. The Balaban J connectivity index is 1.45. The lowest BCUT2D eigenvalue weighted by atomic mass is 10.1. The molecule has 31 heavy (non-hydrogen) atoms. The van der Waals surface area contributed by atoms with Gasteiger partial charge in [0.15, 0.2) is 5.82 Å². The average Bonchev–Trinajstić information content (AvgIpc) is 2.80. The highest BCUT2D eigenvalue weighted by molar-refractivity contribution is 6.32. The lowest BCUT2D eigenvalue weighted by Gasteiger charge is -2.26. The molecule has 2 heterocycles. The summed E-state index contributed by atoms with van der Waals surface area (Å²) in [5.74, 6) is 0.518. The van der Waals surface area contributed by atoms with Crippen LogP contribution in [0.5, 0.6) is 0 Å². The van der Waals surface area contributed by atoms with Crippen LogP contribution in [0.2, 0.25) is 5.02 Å². The molecule has 4 rings (SSSR count). The Kier molecular flexibility index (Phi) is 6.62. The minimum atomic E-state index is -0.297. The fraction of sp³-hybridized carbons (Fsp3) is 0.261. The predicted octanol–water partition coefficient (Wildman–Crippen LogP) is 5.25. The Morgan fingerprint density at radius 1 is 1.10 bits per heavy atom. The molecule has 0 bridgehead atoms. The smallest absolute Gasteiger partial charge is 0.253 e. The molecule has 3 aromatic rings. The van der Waals surface area contributed by atoms with E-state index in [1.165, 1.54) is 24.8 Å². The number of aromatic nitrogens is 2. The number of amides is 1. The van der Waals surface area contributed by atoms with Crippen LogP contribution in [-0.2, 0) is 6.54 Å². The van der Waals surface area contributed by atoms with E-state index in [0.717, 1.165) is 31.5 Å². The van der Waals surface area contributed by atoms with Crippen molar-refractivity contribution in [3.05, 3.63) is 76.7 Å². The summed E-state index contributed by atoms with van der Waals surface area (Å²) in [6.45, 7) is 1.97. The number of rotatable bonds is 6. The van der Waals surface area contributed by atoms with Gasteiger partial charge in [0.1, 0.15) is 10.8 Å². The number of nitrogens with zero attached hydrogens (tertiary/aromatic N) is 3. The first-order valence-electron chi connectivity index (χ1n) is 10.3. The lowest BCUT2D eigenvalue weighted by molar-refractivity contribution is 0.0724. The van der Waals surface area contributed by atoms with E-state index < -0.39 is 0 Å². The number of benzene rings is 2. The number of anilines is 3. The van der Waals surface area contributed by atoms with Crippen molar-refractivity contribution in [1.29, 1.82) is 0 Å². The molecule has 0 spiro atoms. The third kappa shape index (κ3) is 5.49. The molecule has 0 atom stereocenters. The largest absolute Gasteiger partial charge is 0.365 e. The molecule has 2 aromatic carbocycles. The average molecular weight is 440 g/mol. The van der Waals surface area contributed by atoms with Gasteiger partial charge >= 0.3 is 0 Å². The number of hydrogen-bond donors (Lipinski definition) is 2. The molecule has 0 radical (unpaired) electrons. The van der Waals surface area contributed by atoms with Crippen molar-refractivity contribution < 1.29 is 9.18 Å². The topological polar surface area (TPSA) is 70.1 Å². The molecule has 6 nitrogen and oxygen atoms in total. The molecule has 0 aliphatic carbocycles. The SMILES string of the molecule is O=C(c1cccc(Nc2ncc(Cl)c(NCc3cccc(F)c3)n2)c1)N1CCCCC1. The van der Waals surface area contributed by atoms with Gasteiger partial charge in [-0.2, -0.15) is 4.98 Å². The van der Waals surface area contributed by atoms with Crippen LogP contribution >= 0.6 is 11.6 Å². The van der Waals surface area contributed by atoms with Gasteiger partial charge in [-0.15, -0.1) is 0 Å². The van der Waals surface area contributed by atoms with E-state index in [4.69, 9.17) is 11.6 Å². The Bertz CT molecular complexity index is 1070. The van der Waals surface area contributed by atoms with Crippen LogP contribution < -0.4 is 10.6 Å². The third-order valence-corrected chi connectivity index (χ3v) is 5.38. The summed E-state index contributed by atoms with van der Waals surface area (Å²) in [7, 11) is 0. The van der Waals surface area contributed by atoms with E-state index in [1.54, 1.807) is 12.1 Å². The van der Waals surface area contributed by atoms with Crippen LogP contribution in [0.25, 0.3) is 0 Å². The molecule has 1 aliphatic heterocycles. The van der Waals surface area contributed by atoms with Crippen LogP contribution in [0.15, 0.2) is 54.7 Å². The van der Waals surface area contributed by atoms with Crippen molar-refractivity contribution in [3.8, 4) is 0 Å². The standard InChI is InChI=1S/C23H23ClFN5O/c24-20-15-27-23(29-21(20)26-14-16-6-4-8-18(25)12-16)28-19-9-5-7-17(13-19)22(31)30-10-2-1-3-11-30/h4-9,12-13,15H,1-3,10-11,14H2,(H2,26,27,28,29). The van der Waals surface area contributed by atoms with Gasteiger partial charge in [0.2, 0.25) is 5.95 Å². The number of carbonyl (C=O) groups is 1. The summed E-state index contributed by atoms with van der Waals surface area (Å²) in [5.41, 5.74) is 2.11. The molecule has 0 saturated carbocycles. The van der Waals surface area contributed by atoms with Crippen molar-refractivity contribution >= 4 is 35.0 Å². The number of nitrogens with one attached hydrogen (secondary N) is 2. The predicted molar refractivity (Wildman–Crippen MR) is 120 cm³/mol. The third-order valence-electron chi connectivity index (χ3n) is 5.10. The normalized spacial score (nSPS) is 13.7. The maximum Gasteiger partial charge on any atom is 0.253 e. The second kappa shape index (κ2) is 9.75. The van der Waals surface area contributed by atoms with Crippen LogP contribution in [-0.4, -0.2) is 33.9 Å². The molecule has 1 aromatic heterocycles. The number of carbonyl (C=O) groups excluding carboxylic acids is 1. The van der Waals surface area contributed by atoms with Crippen molar-refractivity contribution in [3.63, 3.8) is 0 Å². The van der Waals surface area contributed by atoms with Crippen molar-refractivity contribution in [1.82, 2.24) is 14.9 Å². The molecule has 8 heteroatoms. The summed E-state index contributed by atoms with van der Waals surface area (Å²) in [6, 6.07) is 13.6. The van der Waals surface area contributed by atoms with E-state index in [-0.39, 0.29) is 11.7 Å². The molecular weight excluding hydrogens is 417 g/mol. The van der Waals surface area contributed by atoms with Gasteiger partial charge in [-0.1, -0.05) is 29.8 Å². The van der Waals surface area contributed by atoms with E-state index in [9.17, 15) is 9.18 Å². The number of piperidine rings is 1. The van der Waals surface area contributed by atoms with Gasteiger partial charge in [0.05, 0.1) is 6.20 Å². The summed E-state index contributed by atoms with van der Waals surface area (Å²) in [6.07, 6.45) is 4.77. The second-order valence-electron chi connectivity index (χ2n) is 7.43. The minimum Gasteiger partial charge on any atom is -0.365 e. The highest BCUT2D eigenvalue weighted by atomic mass is 35.5. The number of likely N-dealkylation sites (tertiary alicyclic amines) is 1. The molecule has 0 unspecified atom stereocenters. The molecular formula is C23H23ClFN5O. The number of hydrogen-bond acceptors (Lipinski definition) is 5. The molecule has 1 amide bonds. The van der Waals surface area contributed by atoms with Crippen LogP contribution in [0.3, 0.4) is 0 Å². The maximum atomic E-state index is 13.4. The highest BCUT2D eigenvalue weighted by Crippen LogP contribution is 2.23. The van der Waals surface area contributed by atoms with Gasteiger partial charge in [-0.05, 0) is 55.2 Å². The van der Waals surface area contributed by atoms with E-state index >= 15 is 0 Å². The Hall–Kier alpha value is -3.19. The summed E-state index contributed by atoms with van der Waals surface area (Å²) < 4.78 is 13.4. The summed E-state index contributed by atoms with van der Waals surface area (Å²) in [4.78, 5) is 23.3. The van der Waals surface area contributed by atoms with Crippen LogP contribution in [0, 0.1) is 5.82 Å². The zero-order valence-corrected chi connectivity index (χ0v) is 17.7. The van der Waals surface area contributed by atoms with Gasteiger partial charge in [0.25, 0.3) is 5.91 Å². The van der Waals surface area contributed by atoms with Crippen molar-refractivity contribution in [2.75, 3.05) is 23.7 Å². The van der Waals surface area contributed by atoms with Crippen molar-refractivity contribution in [2.24, 2.45) is 0 Å².